The van der Waals surface area contributed by atoms with Crippen LogP contribution in [0.1, 0.15) is 39.5 Å². The Kier molecular flexibility index (Phi) is 1.94. The first kappa shape index (κ1) is 9.17. The number of piperazine rings is 1. The number of nitrogens with zero attached hydrogens (tertiary/aromatic N) is 1. The van der Waals surface area contributed by atoms with Crippen LogP contribution in [-0.4, -0.2) is 35.6 Å². The summed E-state index contributed by atoms with van der Waals surface area (Å²) in [6.45, 7) is 7.30. The van der Waals surface area contributed by atoms with Gasteiger partial charge in [0.25, 0.3) is 0 Å². The molecule has 0 bridgehead atoms. The van der Waals surface area contributed by atoms with E-state index >= 15 is 0 Å². The molecule has 3 rings (SSSR count). The number of hydrogen-bond donors (Lipinski definition) is 1. The zero-order valence-corrected chi connectivity index (χ0v) is 9.42. The lowest BCUT2D eigenvalue weighted by Crippen LogP contribution is -2.63. The molecule has 1 saturated heterocycles. The lowest BCUT2D eigenvalue weighted by atomic mass is 9.91. The van der Waals surface area contributed by atoms with Crippen molar-refractivity contribution in [2.75, 3.05) is 13.1 Å². The number of nitrogens with one attached hydrogen (secondary N) is 1. The molecule has 1 heterocycles. The molecular weight excluding hydrogens is 172 g/mol. The summed E-state index contributed by atoms with van der Waals surface area (Å²) in [5.74, 6) is 0.969. The Morgan fingerprint density at radius 1 is 1.21 bits per heavy atom. The Morgan fingerprint density at radius 2 is 1.93 bits per heavy atom. The largest absolute Gasteiger partial charge is 0.308 e. The molecule has 2 aliphatic carbocycles. The third-order valence-corrected chi connectivity index (χ3v) is 4.37. The second-order valence-electron chi connectivity index (χ2n) is 5.83. The molecule has 0 amide bonds. The zero-order valence-electron chi connectivity index (χ0n) is 9.42. The van der Waals surface area contributed by atoms with E-state index in [4.69, 9.17) is 0 Å². The normalized spacial score (nSPS) is 45.4. The van der Waals surface area contributed by atoms with E-state index in [1.54, 1.807) is 0 Å². The maximum Gasteiger partial charge on any atom is 0.0309 e. The Labute approximate surface area is 87.0 Å². The fourth-order valence-corrected chi connectivity index (χ4v) is 2.98. The van der Waals surface area contributed by atoms with Gasteiger partial charge in [-0.2, -0.15) is 0 Å². The van der Waals surface area contributed by atoms with Crippen LogP contribution in [0, 0.1) is 5.92 Å². The lowest BCUT2D eigenvalue weighted by Gasteiger charge is -2.46. The third kappa shape index (κ3) is 1.49. The first-order valence-electron chi connectivity index (χ1n) is 6.20. The summed E-state index contributed by atoms with van der Waals surface area (Å²) in [5, 5.41) is 3.78. The summed E-state index contributed by atoms with van der Waals surface area (Å²) in [6.07, 6.45) is 5.81. The Balaban J connectivity index is 1.71. The quantitative estimate of drug-likeness (QED) is 0.718. The molecule has 2 atom stereocenters. The van der Waals surface area contributed by atoms with E-state index in [-0.39, 0.29) is 0 Å². The van der Waals surface area contributed by atoms with Gasteiger partial charge in [-0.05, 0) is 45.4 Å². The molecule has 0 aromatic rings. The van der Waals surface area contributed by atoms with Gasteiger partial charge in [-0.15, -0.1) is 0 Å². The van der Waals surface area contributed by atoms with Crippen molar-refractivity contribution in [3.63, 3.8) is 0 Å². The molecule has 1 aliphatic heterocycles. The van der Waals surface area contributed by atoms with Crippen molar-refractivity contribution in [1.82, 2.24) is 10.2 Å². The molecule has 14 heavy (non-hydrogen) atoms. The van der Waals surface area contributed by atoms with Crippen molar-refractivity contribution < 1.29 is 0 Å². The second kappa shape index (κ2) is 2.96. The highest BCUT2D eigenvalue weighted by molar-refractivity contribution is 5.06. The summed E-state index contributed by atoms with van der Waals surface area (Å²) in [7, 11) is 0. The standard InChI is InChI=1S/C12H22N2/c1-9-7-13-12(2,10-3-4-10)8-14(9)11-5-6-11/h9-11,13H,3-8H2,1-2H3. The van der Waals surface area contributed by atoms with Crippen LogP contribution in [0.15, 0.2) is 0 Å². The minimum Gasteiger partial charge on any atom is -0.308 e. The molecule has 1 N–H and O–H groups in total. The molecule has 2 unspecified atom stereocenters. The fraction of sp³-hybridized carbons (Fsp3) is 1.00. The fourth-order valence-electron chi connectivity index (χ4n) is 2.98. The molecule has 0 spiro atoms. The Hall–Kier alpha value is -0.0800. The van der Waals surface area contributed by atoms with Crippen LogP contribution < -0.4 is 5.32 Å². The van der Waals surface area contributed by atoms with Gasteiger partial charge in [-0.1, -0.05) is 0 Å². The van der Waals surface area contributed by atoms with Crippen LogP contribution in [0.4, 0.5) is 0 Å². The van der Waals surface area contributed by atoms with Gasteiger partial charge >= 0.3 is 0 Å². The van der Waals surface area contributed by atoms with E-state index in [2.05, 4.69) is 24.1 Å². The van der Waals surface area contributed by atoms with Gasteiger partial charge in [-0.25, -0.2) is 0 Å². The zero-order chi connectivity index (χ0) is 9.76. The predicted molar refractivity (Wildman–Crippen MR) is 58.3 cm³/mol. The summed E-state index contributed by atoms with van der Waals surface area (Å²) < 4.78 is 0. The molecule has 0 aromatic carbocycles. The molecule has 2 nitrogen and oxygen atoms in total. The SMILES string of the molecule is CC1CNC(C)(C2CC2)CN1C1CC1. The van der Waals surface area contributed by atoms with Crippen molar-refractivity contribution in [2.45, 2.75) is 57.2 Å². The molecule has 3 aliphatic rings. The Morgan fingerprint density at radius 3 is 2.50 bits per heavy atom. The van der Waals surface area contributed by atoms with E-state index in [1.807, 2.05) is 0 Å². The third-order valence-electron chi connectivity index (χ3n) is 4.37. The first-order chi connectivity index (χ1) is 6.69. The average molecular weight is 194 g/mol. The molecule has 80 valence electrons. The summed E-state index contributed by atoms with van der Waals surface area (Å²) >= 11 is 0. The van der Waals surface area contributed by atoms with Gasteiger partial charge in [0, 0.05) is 30.7 Å². The first-order valence-corrected chi connectivity index (χ1v) is 6.20. The highest BCUT2D eigenvalue weighted by Crippen LogP contribution is 2.43. The van der Waals surface area contributed by atoms with Gasteiger partial charge in [-0.3, -0.25) is 4.90 Å². The van der Waals surface area contributed by atoms with E-state index in [1.165, 1.54) is 38.8 Å². The maximum absolute atomic E-state index is 3.78. The monoisotopic (exact) mass is 194 g/mol. The number of rotatable bonds is 2. The van der Waals surface area contributed by atoms with Gasteiger partial charge in [0.05, 0.1) is 0 Å². The maximum atomic E-state index is 3.78. The minimum atomic E-state index is 0.440. The minimum absolute atomic E-state index is 0.440. The summed E-state index contributed by atoms with van der Waals surface area (Å²) in [4.78, 5) is 2.76. The van der Waals surface area contributed by atoms with Crippen molar-refractivity contribution >= 4 is 0 Å². The lowest BCUT2D eigenvalue weighted by molar-refractivity contribution is 0.0766. The molecule has 0 aromatic heterocycles. The highest BCUT2D eigenvalue weighted by Gasteiger charge is 2.47. The Bertz CT molecular complexity index is 232. The van der Waals surface area contributed by atoms with E-state index in [0.717, 1.165) is 18.0 Å². The van der Waals surface area contributed by atoms with Crippen molar-refractivity contribution in [3.8, 4) is 0 Å². The van der Waals surface area contributed by atoms with Crippen molar-refractivity contribution in [3.05, 3.63) is 0 Å². The van der Waals surface area contributed by atoms with Crippen molar-refractivity contribution in [1.29, 1.82) is 0 Å². The summed E-state index contributed by atoms with van der Waals surface area (Å²) in [6, 6.07) is 1.69. The van der Waals surface area contributed by atoms with Crippen LogP contribution in [-0.2, 0) is 0 Å². The molecule has 2 heteroatoms. The molecule has 2 saturated carbocycles. The molecular formula is C12H22N2. The van der Waals surface area contributed by atoms with Crippen LogP contribution in [0.2, 0.25) is 0 Å². The second-order valence-corrected chi connectivity index (χ2v) is 5.83. The van der Waals surface area contributed by atoms with Crippen LogP contribution in [0.5, 0.6) is 0 Å². The van der Waals surface area contributed by atoms with E-state index < -0.39 is 0 Å². The topological polar surface area (TPSA) is 15.3 Å². The van der Waals surface area contributed by atoms with Crippen molar-refractivity contribution in [2.24, 2.45) is 5.92 Å². The van der Waals surface area contributed by atoms with Gasteiger partial charge in [0.2, 0.25) is 0 Å². The predicted octanol–water partition coefficient (Wildman–Crippen LogP) is 1.61. The summed E-state index contributed by atoms with van der Waals surface area (Å²) in [5.41, 5.74) is 0.440. The molecule has 0 radical (unpaired) electrons. The van der Waals surface area contributed by atoms with Crippen LogP contribution in [0.25, 0.3) is 0 Å². The molecule has 3 fully saturated rings. The van der Waals surface area contributed by atoms with Gasteiger partial charge in [0.1, 0.15) is 0 Å². The average Bonchev–Trinajstić information content (AvgIpc) is 3.04. The van der Waals surface area contributed by atoms with Crippen LogP contribution >= 0.6 is 0 Å². The van der Waals surface area contributed by atoms with Gasteiger partial charge < -0.3 is 5.32 Å². The van der Waals surface area contributed by atoms with Crippen LogP contribution in [0.3, 0.4) is 0 Å². The smallest absolute Gasteiger partial charge is 0.0309 e. The van der Waals surface area contributed by atoms with E-state index in [9.17, 15) is 0 Å². The van der Waals surface area contributed by atoms with E-state index in [0.29, 0.717) is 5.54 Å². The highest BCUT2D eigenvalue weighted by atomic mass is 15.3. The van der Waals surface area contributed by atoms with Gasteiger partial charge in [0.15, 0.2) is 0 Å². The number of hydrogen-bond acceptors (Lipinski definition) is 2.